The Morgan fingerprint density at radius 3 is 2.21 bits per heavy atom. The van der Waals surface area contributed by atoms with Crippen molar-refractivity contribution >= 4 is 27.5 Å². The molecule has 202 valence electrons. The van der Waals surface area contributed by atoms with Crippen molar-refractivity contribution in [3.63, 3.8) is 0 Å². The van der Waals surface area contributed by atoms with Crippen LogP contribution in [0, 0.1) is 18.6 Å². The molecule has 38 heavy (non-hydrogen) atoms. The molecular formula is C28H31F2N3O4S. The van der Waals surface area contributed by atoms with E-state index < -0.39 is 46.1 Å². The second-order valence-electron chi connectivity index (χ2n) is 8.92. The number of aryl methyl sites for hydroxylation is 1. The van der Waals surface area contributed by atoms with Crippen LogP contribution in [0.4, 0.5) is 14.5 Å². The number of rotatable bonds is 11. The molecule has 3 rings (SSSR count). The Kier molecular flexibility index (Phi) is 9.57. The Morgan fingerprint density at radius 2 is 1.61 bits per heavy atom. The number of halogens is 2. The third kappa shape index (κ3) is 7.38. The van der Waals surface area contributed by atoms with Gasteiger partial charge in [-0.05, 0) is 42.7 Å². The van der Waals surface area contributed by atoms with Gasteiger partial charge in [0.25, 0.3) is 0 Å². The number of carbonyl (C=O) groups excluding carboxylic acids is 2. The SMILES string of the molecule is CCNC(=O)[C@H](Cc1ccccc1)N(Cc1ccccc1C)C(=O)CN(c1ccc(F)c(F)c1)S(C)(=O)=O. The number of hydrogen-bond donors (Lipinski definition) is 1. The second-order valence-corrected chi connectivity index (χ2v) is 10.8. The average molecular weight is 544 g/mol. The number of amides is 2. The lowest BCUT2D eigenvalue weighted by molar-refractivity contribution is -0.140. The fourth-order valence-electron chi connectivity index (χ4n) is 4.07. The van der Waals surface area contributed by atoms with Crippen molar-refractivity contribution in [3.8, 4) is 0 Å². The molecule has 0 aliphatic carbocycles. The Bertz CT molecular complexity index is 1380. The highest BCUT2D eigenvalue weighted by Crippen LogP contribution is 2.23. The minimum absolute atomic E-state index is 0.0372. The van der Waals surface area contributed by atoms with Crippen LogP contribution in [0.25, 0.3) is 0 Å². The summed E-state index contributed by atoms with van der Waals surface area (Å²) in [6, 6.07) is 18.2. The fraction of sp³-hybridized carbons (Fsp3) is 0.286. The number of nitrogens with zero attached hydrogens (tertiary/aromatic N) is 2. The van der Waals surface area contributed by atoms with Gasteiger partial charge in [-0.25, -0.2) is 17.2 Å². The Morgan fingerprint density at radius 1 is 0.947 bits per heavy atom. The van der Waals surface area contributed by atoms with Crippen molar-refractivity contribution in [1.82, 2.24) is 10.2 Å². The maximum Gasteiger partial charge on any atom is 0.244 e. The first-order valence-electron chi connectivity index (χ1n) is 12.1. The monoisotopic (exact) mass is 543 g/mol. The van der Waals surface area contributed by atoms with E-state index in [1.165, 1.54) is 4.90 Å². The van der Waals surface area contributed by atoms with E-state index in [1.54, 1.807) is 6.92 Å². The minimum Gasteiger partial charge on any atom is -0.355 e. The van der Waals surface area contributed by atoms with Gasteiger partial charge in [-0.2, -0.15) is 0 Å². The predicted molar refractivity (Wildman–Crippen MR) is 143 cm³/mol. The summed E-state index contributed by atoms with van der Waals surface area (Å²) in [7, 11) is -4.08. The van der Waals surface area contributed by atoms with Crippen molar-refractivity contribution < 1.29 is 26.8 Å². The number of sulfonamides is 1. The highest BCUT2D eigenvalue weighted by atomic mass is 32.2. The molecule has 0 aliphatic heterocycles. The van der Waals surface area contributed by atoms with Crippen molar-refractivity contribution in [2.45, 2.75) is 32.9 Å². The highest BCUT2D eigenvalue weighted by Gasteiger charge is 2.33. The number of anilines is 1. The molecule has 0 unspecified atom stereocenters. The van der Waals surface area contributed by atoms with E-state index in [2.05, 4.69) is 5.32 Å². The summed E-state index contributed by atoms with van der Waals surface area (Å²) in [5.41, 5.74) is 2.28. The molecule has 0 heterocycles. The van der Waals surface area contributed by atoms with Crippen LogP contribution in [0.2, 0.25) is 0 Å². The molecular weight excluding hydrogens is 512 g/mol. The number of hydrogen-bond acceptors (Lipinski definition) is 4. The van der Waals surface area contributed by atoms with Crippen LogP contribution in [0.15, 0.2) is 72.8 Å². The third-order valence-electron chi connectivity index (χ3n) is 6.09. The molecule has 1 N–H and O–H groups in total. The fourth-order valence-corrected chi connectivity index (χ4v) is 4.91. The highest BCUT2D eigenvalue weighted by molar-refractivity contribution is 7.92. The molecule has 3 aromatic rings. The van der Waals surface area contributed by atoms with E-state index in [0.29, 0.717) is 10.8 Å². The Hall–Kier alpha value is -3.79. The summed E-state index contributed by atoms with van der Waals surface area (Å²) in [5, 5.41) is 2.77. The van der Waals surface area contributed by atoms with Gasteiger partial charge in [0.1, 0.15) is 12.6 Å². The maximum absolute atomic E-state index is 14.0. The van der Waals surface area contributed by atoms with Crippen LogP contribution in [0.1, 0.15) is 23.6 Å². The van der Waals surface area contributed by atoms with Gasteiger partial charge in [0.15, 0.2) is 11.6 Å². The molecule has 7 nitrogen and oxygen atoms in total. The van der Waals surface area contributed by atoms with Gasteiger partial charge in [-0.3, -0.25) is 13.9 Å². The van der Waals surface area contributed by atoms with Gasteiger partial charge in [-0.1, -0.05) is 54.6 Å². The second kappa shape index (κ2) is 12.6. The molecule has 0 radical (unpaired) electrons. The quantitative estimate of drug-likeness (QED) is 0.399. The van der Waals surface area contributed by atoms with Crippen LogP contribution >= 0.6 is 0 Å². The Labute approximate surface area is 222 Å². The molecule has 0 saturated heterocycles. The van der Waals surface area contributed by atoms with Crippen molar-refractivity contribution in [2.75, 3.05) is 23.7 Å². The summed E-state index contributed by atoms with van der Waals surface area (Å²) < 4.78 is 53.5. The standard InChI is InChI=1S/C28H31F2N3O4S/c1-4-31-28(35)26(16-21-11-6-5-7-12-21)32(18-22-13-9-8-10-20(22)2)27(34)19-33(38(3,36)37)23-14-15-24(29)25(30)17-23/h5-15,17,26H,4,16,18-19H2,1-3H3,(H,31,35)/t26-/m0/s1. The number of likely N-dealkylation sites (N-methyl/N-ethyl adjacent to an activating group) is 1. The Balaban J connectivity index is 2.06. The van der Waals surface area contributed by atoms with Crippen LogP contribution in [-0.2, 0) is 32.6 Å². The minimum atomic E-state index is -4.08. The largest absolute Gasteiger partial charge is 0.355 e. The van der Waals surface area contributed by atoms with Gasteiger partial charge in [-0.15, -0.1) is 0 Å². The summed E-state index contributed by atoms with van der Waals surface area (Å²) in [5.74, 6) is -3.45. The molecule has 0 bridgehead atoms. The molecule has 10 heteroatoms. The molecule has 2 amide bonds. The first-order valence-corrected chi connectivity index (χ1v) is 13.9. The lowest BCUT2D eigenvalue weighted by Crippen LogP contribution is -2.53. The lowest BCUT2D eigenvalue weighted by atomic mass is 10.0. The number of carbonyl (C=O) groups is 2. The van der Waals surface area contributed by atoms with Gasteiger partial charge in [0.2, 0.25) is 21.8 Å². The first kappa shape index (κ1) is 28.8. The zero-order chi connectivity index (χ0) is 27.9. The van der Waals surface area contributed by atoms with Crippen molar-refractivity contribution in [1.29, 1.82) is 0 Å². The van der Waals surface area contributed by atoms with E-state index in [-0.39, 0.29) is 18.7 Å². The topological polar surface area (TPSA) is 86.8 Å². The zero-order valence-electron chi connectivity index (χ0n) is 21.5. The van der Waals surface area contributed by atoms with Crippen molar-refractivity contribution in [2.24, 2.45) is 0 Å². The number of nitrogens with one attached hydrogen (secondary N) is 1. The predicted octanol–water partition coefficient (Wildman–Crippen LogP) is 3.82. The van der Waals surface area contributed by atoms with E-state index in [4.69, 9.17) is 0 Å². The summed E-state index contributed by atoms with van der Waals surface area (Å²) >= 11 is 0. The molecule has 0 aromatic heterocycles. The number of benzene rings is 3. The van der Waals surface area contributed by atoms with Crippen LogP contribution in [0.3, 0.4) is 0 Å². The summed E-state index contributed by atoms with van der Waals surface area (Å²) in [6.07, 6.45) is 1.06. The molecule has 0 saturated carbocycles. The van der Waals surface area contributed by atoms with Gasteiger partial charge in [0.05, 0.1) is 11.9 Å². The van der Waals surface area contributed by atoms with Gasteiger partial charge >= 0.3 is 0 Å². The van der Waals surface area contributed by atoms with E-state index in [9.17, 15) is 26.8 Å². The van der Waals surface area contributed by atoms with E-state index in [1.807, 2.05) is 61.5 Å². The maximum atomic E-state index is 14.0. The third-order valence-corrected chi connectivity index (χ3v) is 7.23. The molecule has 3 aromatic carbocycles. The molecule has 0 fully saturated rings. The van der Waals surface area contributed by atoms with E-state index >= 15 is 0 Å². The normalized spacial score (nSPS) is 12.0. The molecule has 0 spiro atoms. The zero-order valence-corrected chi connectivity index (χ0v) is 22.3. The van der Waals surface area contributed by atoms with Gasteiger partial charge in [0, 0.05) is 25.6 Å². The summed E-state index contributed by atoms with van der Waals surface area (Å²) in [4.78, 5) is 28.5. The van der Waals surface area contributed by atoms with E-state index in [0.717, 1.165) is 41.1 Å². The van der Waals surface area contributed by atoms with Crippen molar-refractivity contribution in [3.05, 3.63) is 101 Å². The first-order chi connectivity index (χ1) is 18.0. The van der Waals surface area contributed by atoms with Gasteiger partial charge < -0.3 is 10.2 Å². The van der Waals surface area contributed by atoms with Crippen LogP contribution in [-0.4, -0.2) is 50.5 Å². The molecule has 1 atom stereocenters. The summed E-state index contributed by atoms with van der Waals surface area (Å²) in [6.45, 7) is 3.30. The lowest BCUT2D eigenvalue weighted by Gasteiger charge is -2.33. The van der Waals surface area contributed by atoms with Crippen LogP contribution in [0.5, 0.6) is 0 Å². The molecule has 0 aliphatic rings. The van der Waals surface area contributed by atoms with Crippen LogP contribution < -0.4 is 9.62 Å². The smallest absolute Gasteiger partial charge is 0.244 e. The average Bonchev–Trinajstić information content (AvgIpc) is 2.87.